The van der Waals surface area contributed by atoms with E-state index < -0.39 is 5.82 Å². The van der Waals surface area contributed by atoms with E-state index in [0.717, 1.165) is 0 Å². The van der Waals surface area contributed by atoms with Crippen LogP contribution < -0.4 is 0 Å². The number of phenols is 1. The van der Waals surface area contributed by atoms with Crippen LogP contribution in [0.5, 0.6) is 5.75 Å². The molecule has 0 fully saturated rings. The Balaban J connectivity index is 2.41. The average molecular weight is 245 g/mol. The molecule has 2 nitrogen and oxygen atoms in total. The molecule has 1 N–H and O–H groups in total. The fourth-order valence-electron chi connectivity index (χ4n) is 1.36. The molecule has 2 rings (SSSR count). The zero-order valence-corrected chi connectivity index (χ0v) is 9.54. The van der Waals surface area contributed by atoms with Gasteiger partial charge in [0.25, 0.3) is 0 Å². The van der Waals surface area contributed by atoms with Gasteiger partial charge in [-0.25, -0.2) is 4.39 Å². The summed E-state index contributed by atoms with van der Waals surface area (Å²) >= 11 is 1.17. The first kappa shape index (κ1) is 11.5. The monoisotopic (exact) mass is 245 g/mol. The highest BCUT2D eigenvalue weighted by Gasteiger charge is 2.10. The van der Waals surface area contributed by atoms with Gasteiger partial charge in [-0.1, -0.05) is 30.0 Å². The molecule has 2 aromatic carbocycles. The molecule has 2 aromatic rings. The number of nitrogens with zero attached hydrogens (tertiary/aromatic N) is 1. The fourth-order valence-corrected chi connectivity index (χ4v) is 2.31. The van der Waals surface area contributed by atoms with E-state index in [9.17, 15) is 9.50 Å². The second-order valence-corrected chi connectivity index (χ2v) is 4.38. The minimum Gasteiger partial charge on any atom is -0.507 e. The number of benzene rings is 2. The second-order valence-electron chi connectivity index (χ2n) is 3.29. The summed E-state index contributed by atoms with van der Waals surface area (Å²) in [7, 11) is 0. The van der Waals surface area contributed by atoms with E-state index in [0.29, 0.717) is 9.79 Å². The van der Waals surface area contributed by atoms with Crippen LogP contribution in [0, 0.1) is 17.1 Å². The van der Waals surface area contributed by atoms with Crippen LogP contribution in [0.3, 0.4) is 0 Å². The van der Waals surface area contributed by atoms with Crippen molar-refractivity contribution in [2.75, 3.05) is 0 Å². The number of aromatic hydroxyl groups is 1. The highest BCUT2D eigenvalue weighted by atomic mass is 32.2. The number of rotatable bonds is 2. The average Bonchev–Trinajstić information content (AvgIpc) is 2.32. The van der Waals surface area contributed by atoms with Gasteiger partial charge < -0.3 is 5.11 Å². The van der Waals surface area contributed by atoms with Crippen LogP contribution in [0.15, 0.2) is 52.3 Å². The van der Waals surface area contributed by atoms with Gasteiger partial charge >= 0.3 is 0 Å². The summed E-state index contributed by atoms with van der Waals surface area (Å²) < 4.78 is 13.4. The van der Waals surface area contributed by atoms with Gasteiger partial charge in [0.15, 0.2) is 0 Å². The number of halogens is 1. The maximum Gasteiger partial charge on any atom is 0.142 e. The number of hydrogen-bond donors (Lipinski definition) is 1. The van der Waals surface area contributed by atoms with E-state index >= 15 is 0 Å². The van der Waals surface area contributed by atoms with Crippen molar-refractivity contribution in [3.63, 3.8) is 0 Å². The second kappa shape index (κ2) is 4.89. The third-order valence-corrected chi connectivity index (χ3v) is 3.30. The Labute approximate surface area is 102 Å². The van der Waals surface area contributed by atoms with Crippen LogP contribution >= 0.6 is 11.8 Å². The topological polar surface area (TPSA) is 44.0 Å². The molecule has 0 atom stereocenters. The van der Waals surface area contributed by atoms with Crippen molar-refractivity contribution in [3.8, 4) is 11.8 Å². The first-order valence-electron chi connectivity index (χ1n) is 4.87. The number of nitriles is 1. The van der Waals surface area contributed by atoms with Gasteiger partial charge in [-0.3, -0.25) is 0 Å². The summed E-state index contributed by atoms with van der Waals surface area (Å²) in [6.45, 7) is 0. The van der Waals surface area contributed by atoms with Gasteiger partial charge in [-0.15, -0.1) is 0 Å². The highest BCUT2D eigenvalue weighted by molar-refractivity contribution is 7.99. The van der Waals surface area contributed by atoms with Crippen molar-refractivity contribution in [1.82, 2.24) is 0 Å². The molecular formula is C13H8FNOS. The SMILES string of the molecule is N#Cc1c(F)cccc1Sc1ccccc1O. The molecule has 0 amide bonds. The van der Waals surface area contributed by atoms with Crippen molar-refractivity contribution >= 4 is 11.8 Å². The van der Waals surface area contributed by atoms with E-state index in [4.69, 9.17) is 5.26 Å². The summed E-state index contributed by atoms with van der Waals surface area (Å²) in [6, 6.07) is 13.0. The standard InChI is InChI=1S/C13H8FNOS/c14-10-4-3-7-12(9(10)8-15)17-13-6-2-1-5-11(13)16/h1-7,16H. The Morgan fingerprint density at radius 3 is 2.47 bits per heavy atom. The van der Waals surface area contributed by atoms with Crippen molar-refractivity contribution in [2.45, 2.75) is 9.79 Å². The highest BCUT2D eigenvalue weighted by Crippen LogP contribution is 2.36. The summed E-state index contributed by atoms with van der Waals surface area (Å²) in [5.74, 6) is -0.432. The molecule has 4 heteroatoms. The van der Waals surface area contributed by atoms with Gasteiger partial charge in [0, 0.05) is 4.90 Å². The lowest BCUT2D eigenvalue weighted by Gasteiger charge is -2.05. The Kier molecular flexibility index (Phi) is 3.31. The molecule has 0 aliphatic carbocycles. The normalized spacial score (nSPS) is 9.88. The Morgan fingerprint density at radius 1 is 1.06 bits per heavy atom. The minimum absolute atomic E-state index is 0.000697. The summed E-state index contributed by atoms with van der Waals surface area (Å²) in [4.78, 5) is 1.09. The molecular weight excluding hydrogens is 237 g/mol. The van der Waals surface area contributed by atoms with Crippen molar-refractivity contribution < 1.29 is 9.50 Å². The summed E-state index contributed by atoms with van der Waals surface area (Å²) in [5, 5.41) is 18.5. The van der Waals surface area contributed by atoms with Crippen molar-refractivity contribution in [1.29, 1.82) is 5.26 Å². The molecule has 0 bridgehead atoms. The molecule has 0 aromatic heterocycles. The van der Waals surface area contributed by atoms with Crippen LogP contribution in [-0.2, 0) is 0 Å². The number of phenolic OH excluding ortho intramolecular Hbond substituents is 1. The van der Waals surface area contributed by atoms with E-state index in [2.05, 4.69) is 0 Å². The molecule has 0 aliphatic rings. The minimum atomic E-state index is -0.548. The summed E-state index contributed by atoms with van der Waals surface area (Å²) in [5.41, 5.74) is 0.000697. The van der Waals surface area contributed by atoms with Gasteiger partial charge in [0.1, 0.15) is 23.2 Å². The predicted molar refractivity (Wildman–Crippen MR) is 63.3 cm³/mol. The van der Waals surface area contributed by atoms with E-state index in [1.807, 2.05) is 6.07 Å². The third-order valence-electron chi connectivity index (χ3n) is 2.17. The van der Waals surface area contributed by atoms with E-state index in [1.54, 1.807) is 36.4 Å². The van der Waals surface area contributed by atoms with Crippen LogP contribution in [-0.4, -0.2) is 5.11 Å². The van der Waals surface area contributed by atoms with Gasteiger partial charge in [0.05, 0.1) is 4.90 Å². The first-order valence-corrected chi connectivity index (χ1v) is 5.68. The fraction of sp³-hybridized carbons (Fsp3) is 0. The molecule has 17 heavy (non-hydrogen) atoms. The maximum atomic E-state index is 13.4. The van der Waals surface area contributed by atoms with Gasteiger partial charge in [-0.2, -0.15) is 5.26 Å². The van der Waals surface area contributed by atoms with E-state index in [1.165, 1.54) is 17.8 Å². The zero-order valence-electron chi connectivity index (χ0n) is 8.72. The number of hydrogen-bond acceptors (Lipinski definition) is 3. The lowest BCUT2D eigenvalue weighted by atomic mass is 10.2. The maximum absolute atomic E-state index is 13.4. The smallest absolute Gasteiger partial charge is 0.142 e. The Morgan fingerprint density at radius 2 is 1.76 bits per heavy atom. The van der Waals surface area contributed by atoms with E-state index in [-0.39, 0.29) is 11.3 Å². The van der Waals surface area contributed by atoms with Crippen LogP contribution in [0.2, 0.25) is 0 Å². The molecule has 84 valence electrons. The Hall–Kier alpha value is -1.99. The van der Waals surface area contributed by atoms with Gasteiger partial charge in [0.2, 0.25) is 0 Å². The quantitative estimate of drug-likeness (QED) is 0.879. The van der Waals surface area contributed by atoms with Crippen molar-refractivity contribution in [3.05, 3.63) is 53.8 Å². The molecule has 0 unspecified atom stereocenters. The third kappa shape index (κ3) is 2.40. The molecule has 0 saturated carbocycles. The molecule has 0 aliphatic heterocycles. The largest absolute Gasteiger partial charge is 0.507 e. The lowest BCUT2D eigenvalue weighted by Crippen LogP contribution is -1.87. The first-order chi connectivity index (χ1) is 8.22. The molecule has 0 saturated heterocycles. The predicted octanol–water partition coefficient (Wildman–Crippen LogP) is 3.55. The van der Waals surface area contributed by atoms with Crippen LogP contribution in [0.25, 0.3) is 0 Å². The molecule has 0 radical (unpaired) electrons. The molecule has 0 heterocycles. The lowest BCUT2D eigenvalue weighted by molar-refractivity contribution is 0.462. The summed E-state index contributed by atoms with van der Waals surface area (Å²) in [6.07, 6.45) is 0. The van der Waals surface area contributed by atoms with Gasteiger partial charge in [-0.05, 0) is 24.3 Å². The molecule has 0 spiro atoms. The zero-order chi connectivity index (χ0) is 12.3. The van der Waals surface area contributed by atoms with Crippen molar-refractivity contribution in [2.24, 2.45) is 0 Å². The Bertz CT molecular complexity index is 592. The number of para-hydroxylation sites is 1. The van der Waals surface area contributed by atoms with Crippen LogP contribution in [0.1, 0.15) is 5.56 Å². The van der Waals surface area contributed by atoms with Crippen LogP contribution in [0.4, 0.5) is 4.39 Å².